The van der Waals surface area contributed by atoms with E-state index >= 15 is 0 Å². The number of hydrogen-bond donors (Lipinski definition) is 0. The topological polar surface area (TPSA) is 17.1 Å². The second-order valence-corrected chi connectivity index (χ2v) is 5.11. The summed E-state index contributed by atoms with van der Waals surface area (Å²) in [6, 6.07) is 7.43. The molecule has 0 atom stereocenters. The number of rotatable bonds is 2. The summed E-state index contributed by atoms with van der Waals surface area (Å²) < 4.78 is 0.0522. The van der Waals surface area contributed by atoms with E-state index in [1.165, 1.54) is 0 Å². The number of hydrogen-bond acceptors (Lipinski definition) is 1. The van der Waals surface area contributed by atoms with Gasteiger partial charge in [-0.05, 0) is 5.56 Å². The van der Waals surface area contributed by atoms with Crippen LogP contribution in [-0.4, -0.2) is 6.29 Å². The highest BCUT2D eigenvalue weighted by molar-refractivity contribution is 9.24. The molecule has 0 aliphatic heterocycles. The van der Waals surface area contributed by atoms with E-state index in [-0.39, 0.29) is 3.74 Å². The molecule has 0 spiro atoms. The van der Waals surface area contributed by atoms with E-state index in [1.54, 1.807) is 6.07 Å². The summed E-state index contributed by atoms with van der Waals surface area (Å²) in [5, 5.41) is 0. The van der Waals surface area contributed by atoms with E-state index in [2.05, 4.69) is 31.9 Å². The summed E-state index contributed by atoms with van der Waals surface area (Å²) in [7, 11) is 0. The highest BCUT2D eigenvalue weighted by atomic mass is 79.9. The molecular formula is C8H6Br2O. The minimum atomic E-state index is 0.0522. The first kappa shape index (κ1) is 8.94. The predicted octanol–water partition coefficient (Wildman–Crippen LogP) is 3.29. The number of carbonyl (C=O) groups excluding carboxylic acids is 1. The Morgan fingerprint density at radius 1 is 1.27 bits per heavy atom. The Kier molecular flexibility index (Phi) is 3.27. The highest BCUT2D eigenvalue weighted by Crippen LogP contribution is 2.30. The minimum Gasteiger partial charge on any atom is -0.298 e. The number of alkyl halides is 2. The maximum atomic E-state index is 10.5. The predicted molar refractivity (Wildman–Crippen MR) is 52.4 cm³/mol. The zero-order chi connectivity index (χ0) is 8.27. The number of aldehydes is 1. The van der Waals surface area contributed by atoms with Crippen molar-refractivity contribution in [2.75, 3.05) is 0 Å². The van der Waals surface area contributed by atoms with Crippen molar-refractivity contribution in [3.8, 4) is 0 Å². The molecular weight excluding hydrogens is 272 g/mol. The molecule has 0 fully saturated rings. The minimum absolute atomic E-state index is 0.0522. The van der Waals surface area contributed by atoms with Gasteiger partial charge in [-0.15, -0.1) is 0 Å². The molecule has 0 saturated heterocycles. The van der Waals surface area contributed by atoms with Gasteiger partial charge in [-0.3, -0.25) is 4.79 Å². The van der Waals surface area contributed by atoms with E-state index in [0.717, 1.165) is 11.8 Å². The number of benzene rings is 1. The molecule has 0 heterocycles. The van der Waals surface area contributed by atoms with Gasteiger partial charge in [0.05, 0.1) is 3.74 Å². The Hall–Kier alpha value is -0.150. The molecule has 0 radical (unpaired) electrons. The van der Waals surface area contributed by atoms with Crippen LogP contribution in [0.2, 0.25) is 0 Å². The standard InChI is InChI=1S/C8H6Br2O/c9-8(10)7-4-2-1-3-6(7)5-11/h1-5,8H. The molecule has 1 aromatic carbocycles. The van der Waals surface area contributed by atoms with Crippen LogP contribution in [0.15, 0.2) is 24.3 Å². The second kappa shape index (κ2) is 4.02. The van der Waals surface area contributed by atoms with E-state index in [4.69, 9.17) is 0 Å². The molecule has 1 aromatic rings. The normalized spacial score (nSPS) is 10.1. The van der Waals surface area contributed by atoms with Crippen LogP contribution in [0.25, 0.3) is 0 Å². The Morgan fingerprint density at radius 3 is 2.36 bits per heavy atom. The Morgan fingerprint density at radius 2 is 1.91 bits per heavy atom. The van der Waals surface area contributed by atoms with Crippen LogP contribution in [0, 0.1) is 0 Å². The second-order valence-electron chi connectivity index (χ2n) is 2.05. The molecule has 0 aliphatic carbocycles. The molecule has 0 aliphatic rings. The molecule has 1 nitrogen and oxygen atoms in total. The lowest BCUT2D eigenvalue weighted by Crippen LogP contribution is -1.88. The SMILES string of the molecule is O=Cc1ccccc1C(Br)Br. The number of carbonyl (C=O) groups is 1. The van der Waals surface area contributed by atoms with Crippen molar-refractivity contribution in [1.29, 1.82) is 0 Å². The van der Waals surface area contributed by atoms with Crippen LogP contribution < -0.4 is 0 Å². The first-order valence-corrected chi connectivity index (χ1v) is 4.91. The smallest absolute Gasteiger partial charge is 0.150 e. The van der Waals surface area contributed by atoms with Crippen LogP contribution in [-0.2, 0) is 0 Å². The van der Waals surface area contributed by atoms with Gasteiger partial charge in [0, 0.05) is 5.56 Å². The third kappa shape index (κ3) is 2.14. The Bertz CT molecular complexity index is 258. The van der Waals surface area contributed by atoms with Crippen LogP contribution in [0.5, 0.6) is 0 Å². The largest absolute Gasteiger partial charge is 0.298 e. The van der Waals surface area contributed by atoms with Crippen molar-refractivity contribution < 1.29 is 4.79 Å². The van der Waals surface area contributed by atoms with Crippen molar-refractivity contribution in [3.05, 3.63) is 35.4 Å². The lowest BCUT2D eigenvalue weighted by molar-refractivity contribution is 0.112. The maximum absolute atomic E-state index is 10.5. The zero-order valence-electron chi connectivity index (χ0n) is 5.63. The summed E-state index contributed by atoms with van der Waals surface area (Å²) in [5.74, 6) is 0. The van der Waals surface area contributed by atoms with Crippen LogP contribution >= 0.6 is 31.9 Å². The average Bonchev–Trinajstić information content (AvgIpc) is 2.04. The maximum Gasteiger partial charge on any atom is 0.150 e. The van der Waals surface area contributed by atoms with Crippen LogP contribution in [0.3, 0.4) is 0 Å². The molecule has 0 aromatic heterocycles. The Labute approximate surface area is 82.1 Å². The van der Waals surface area contributed by atoms with E-state index < -0.39 is 0 Å². The highest BCUT2D eigenvalue weighted by Gasteiger charge is 2.06. The molecule has 3 heteroatoms. The quantitative estimate of drug-likeness (QED) is 0.599. The fourth-order valence-corrected chi connectivity index (χ4v) is 1.65. The molecule has 0 unspecified atom stereocenters. The summed E-state index contributed by atoms with van der Waals surface area (Å²) in [6.45, 7) is 0. The molecule has 0 bridgehead atoms. The summed E-state index contributed by atoms with van der Waals surface area (Å²) in [4.78, 5) is 10.5. The fraction of sp³-hybridized carbons (Fsp3) is 0.125. The average molecular weight is 278 g/mol. The van der Waals surface area contributed by atoms with E-state index in [9.17, 15) is 4.79 Å². The van der Waals surface area contributed by atoms with Gasteiger partial charge in [-0.2, -0.15) is 0 Å². The van der Waals surface area contributed by atoms with Gasteiger partial charge >= 0.3 is 0 Å². The summed E-state index contributed by atoms with van der Waals surface area (Å²) in [6.07, 6.45) is 0.852. The monoisotopic (exact) mass is 276 g/mol. The molecule has 1 rings (SSSR count). The molecule has 0 saturated carbocycles. The first-order valence-electron chi connectivity index (χ1n) is 3.08. The first-order chi connectivity index (χ1) is 5.25. The van der Waals surface area contributed by atoms with Crippen molar-refractivity contribution >= 4 is 38.1 Å². The summed E-state index contributed by atoms with van der Waals surface area (Å²) in [5.41, 5.74) is 1.67. The third-order valence-corrected chi connectivity index (χ3v) is 2.34. The fourth-order valence-electron chi connectivity index (χ4n) is 0.817. The molecule has 58 valence electrons. The summed E-state index contributed by atoms with van der Waals surface area (Å²) >= 11 is 6.66. The lowest BCUT2D eigenvalue weighted by atomic mass is 10.1. The molecule has 11 heavy (non-hydrogen) atoms. The van der Waals surface area contributed by atoms with Crippen molar-refractivity contribution in [2.45, 2.75) is 3.74 Å². The molecule has 0 amide bonds. The van der Waals surface area contributed by atoms with E-state index in [0.29, 0.717) is 5.56 Å². The van der Waals surface area contributed by atoms with Crippen molar-refractivity contribution in [2.24, 2.45) is 0 Å². The van der Waals surface area contributed by atoms with Crippen LogP contribution in [0.1, 0.15) is 19.7 Å². The van der Waals surface area contributed by atoms with E-state index in [1.807, 2.05) is 18.2 Å². The van der Waals surface area contributed by atoms with Gasteiger partial charge in [-0.25, -0.2) is 0 Å². The van der Waals surface area contributed by atoms with Gasteiger partial charge in [0.2, 0.25) is 0 Å². The van der Waals surface area contributed by atoms with Crippen molar-refractivity contribution in [1.82, 2.24) is 0 Å². The van der Waals surface area contributed by atoms with Gasteiger partial charge in [0.1, 0.15) is 6.29 Å². The van der Waals surface area contributed by atoms with Gasteiger partial charge in [0.25, 0.3) is 0 Å². The van der Waals surface area contributed by atoms with Gasteiger partial charge in [0.15, 0.2) is 0 Å². The van der Waals surface area contributed by atoms with Crippen molar-refractivity contribution in [3.63, 3.8) is 0 Å². The third-order valence-electron chi connectivity index (χ3n) is 1.36. The van der Waals surface area contributed by atoms with Gasteiger partial charge < -0.3 is 0 Å². The molecule has 0 N–H and O–H groups in total. The lowest BCUT2D eigenvalue weighted by Gasteiger charge is -2.03. The number of halogens is 2. The van der Waals surface area contributed by atoms with Gasteiger partial charge in [-0.1, -0.05) is 56.1 Å². The zero-order valence-corrected chi connectivity index (χ0v) is 8.80. The van der Waals surface area contributed by atoms with Crippen LogP contribution in [0.4, 0.5) is 0 Å². The Balaban J connectivity index is 3.12.